The fourth-order valence-electron chi connectivity index (χ4n) is 1.77. The maximum Gasteiger partial charge on any atom is 0.226 e. The Kier molecular flexibility index (Phi) is 5.42. The van der Waals surface area contributed by atoms with E-state index in [4.69, 9.17) is 5.26 Å². The summed E-state index contributed by atoms with van der Waals surface area (Å²) < 4.78 is 0. The van der Waals surface area contributed by atoms with E-state index in [9.17, 15) is 4.79 Å². The second-order valence-corrected chi connectivity index (χ2v) is 6.49. The fraction of sp³-hybridized carbons (Fsp3) is 0.429. The lowest BCUT2D eigenvalue weighted by atomic mass is 10.2. The number of nitrogens with one attached hydrogen (secondary N) is 1. The van der Waals surface area contributed by atoms with Crippen LogP contribution in [0.1, 0.15) is 36.9 Å². The highest BCUT2D eigenvalue weighted by Crippen LogP contribution is 2.33. The average Bonchev–Trinajstić information content (AvgIpc) is 3.03. The average molecular weight is 320 g/mol. The van der Waals surface area contributed by atoms with Gasteiger partial charge in [0.25, 0.3) is 0 Å². The Hall–Kier alpha value is -1.78. The molecule has 0 aromatic carbocycles. The number of rotatable bonds is 6. The van der Waals surface area contributed by atoms with Gasteiger partial charge in [0.05, 0.1) is 28.8 Å². The van der Waals surface area contributed by atoms with Crippen molar-refractivity contribution in [3.05, 3.63) is 16.1 Å². The molecule has 1 N–H and O–H groups in total. The summed E-state index contributed by atoms with van der Waals surface area (Å²) in [6.07, 6.45) is 2.72. The molecule has 2 rings (SSSR count). The van der Waals surface area contributed by atoms with Crippen LogP contribution < -0.4 is 5.32 Å². The number of amides is 1. The van der Waals surface area contributed by atoms with Crippen molar-refractivity contribution in [2.45, 2.75) is 39.5 Å². The lowest BCUT2D eigenvalue weighted by Gasteiger charge is -1.99. The van der Waals surface area contributed by atoms with Crippen molar-refractivity contribution < 1.29 is 4.79 Å². The smallest absolute Gasteiger partial charge is 0.226 e. The molecule has 5 nitrogen and oxygen atoms in total. The molecule has 21 heavy (non-hydrogen) atoms. The number of nitrogens with zero attached hydrogens (tertiary/aromatic N) is 3. The molecular weight excluding hydrogens is 304 g/mol. The Labute approximate surface area is 131 Å². The third-order valence-electron chi connectivity index (χ3n) is 2.82. The molecule has 0 atom stereocenters. The van der Waals surface area contributed by atoms with Crippen molar-refractivity contribution in [3.8, 4) is 16.6 Å². The first-order valence-corrected chi connectivity index (χ1v) is 8.42. The number of nitriles is 1. The number of hydrogen-bond acceptors (Lipinski definition) is 6. The van der Waals surface area contributed by atoms with E-state index in [0.717, 1.165) is 34.1 Å². The van der Waals surface area contributed by atoms with Crippen molar-refractivity contribution in [2.75, 3.05) is 5.32 Å². The summed E-state index contributed by atoms with van der Waals surface area (Å²) in [5.41, 5.74) is 1.67. The van der Waals surface area contributed by atoms with Crippen molar-refractivity contribution >= 4 is 33.7 Å². The van der Waals surface area contributed by atoms with Crippen LogP contribution in [0.3, 0.4) is 0 Å². The molecule has 0 spiro atoms. The number of carbonyl (C=O) groups excluding carboxylic acids is 1. The van der Waals surface area contributed by atoms with E-state index in [0.29, 0.717) is 18.0 Å². The van der Waals surface area contributed by atoms with Gasteiger partial charge in [-0.1, -0.05) is 24.7 Å². The van der Waals surface area contributed by atoms with Crippen molar-refractivity contribution in [2.24, 2.45) is 0 Å². The molecule has 1 amide bonds. The highest BCUT2D eigenvalue weighted by atomic mass is 32.1. The van der Waals surface area contributed by atoms with Gasteiger partial charge in [-0.2, -0.15) is 5.26 Å². The van der Waals surface area contributed by atoms with Crippen LogP contribution >= 0.6 is 22.7 Å². The molecule has 0 radical (unpaired) electrons. The molecule has 0 aliphatic heterocycles. The molecule has 0 saturated heterocycles. The minimum absolute atomic E-state index is 0.000553. The topological polar surface area (TPSA) is 78.7 Å². The van der Waals surface area contributed by atoms with Gasteiger partial charge in [0.2, 0.25) is 5.91 Å². The normalized spacial score (nSPS) is 10.3. The van der Waals surface area contributed by atoms with E-state index >= 15 is 0 Å². The van der Waals surface area contributed by atoms with Crippen LogP contribution in [0.25, 0.3) is 10.6 Å². The highest BCUT2D eigenvalue weighted by Gasteiger charge is 2.14. The predicted molar refractivity (Wildman–Crippen MR) is 85.4 cm³/mol. The monoisotopic (exact) mass is 320 g/mol. The van der Waals surface area contributed by atoms with Crippen LogP contribution in [0.4, 0.5) is 5.13 Å². The lowest BCUT2D eigenvalue weighted by Crippen LogP contribution is -2.10. The van der Waals surface area contributed by atoms with Gasteiger partial charge in [0.15, 0.2) is 5.13 Å². The van der Waals surface area contributed by atoms with Gasteiger partial charge in [-0.25, -0.2) is 9.97 Å². The van der Waals surface area contributed by atoms with Crippen LogP contribution in [0.15, 0.2) is 5.38 Å². The van der Waals surface area contributed by atoms with Crippen LogP contribution in [0.2, 0.25) is 0 Å². The first kappa shape index (κ1) is 15.6. The lowest BCUT2D eigenvalue weighted by molar-refractivity contribution is -0.116. The van der Waals surface area contributed by atoms with Crippen molar-refractivity contribution in [1.82, 2.24) is 9.97 Å². The van der Waals surface area contributed by atoms with E-state index in [1.807, 2.05) is 12.3 Å². The summed E-state index contributed by atoms with van der Waals surface area (Å²) in [4.78, 5) is 21.5. The zero-order valence-electron chi connectivity index (χ0n) is 12.0. The second kappa shape index (κ2) is 7.29. The quantitative estimate of drug-likeness (QED) is 0.878. The molecule has 0 aliphatic carbocycles. The van der Waals surface area contributed by atoms with E-state index in [-0.39, 0.29) is 5.91 Å². The first-order chi connectivity index (χ1) is 10.1. The number of aromatic nitrogens is 2. The minimum Gasteiger partial charge on any atom is -0.302 e. The van der Waals surface area contributed by atoms with Gasteiger partial charge in [0, 0.05) is 11.8 Å². The standard InChI is InChI=1S/C14H16N4OS2/c1-3-4-5-11(19)18-14-16-9(2)13(21-14)10-8-20-12(17-10)6-7-15/h8H,3-6H2,1-2H3,(H,16,18,19). The van der Waals surface area contributed by atoms with Crippen LogP contribution in [0, 0.1) is 18.3 Å². The molecule has 0 saturated carbocycles. The summed E-state index contributed by atoms with van der Waals surface area (Å²) in [5.74, 6) is 0.000553. The van der Waals surface area contributed by atoms with Gasteiger partial charge in [-0.15, -0.1) is 11.3 Å². The molecule has 2 aromatic rings. The summed E-state index contributed by atoms with van der Waals surface area (Å²) >= 11 is 2.89. The maximum atomic E-state index is 11.7. The Morgan fingerprint density at radius 2 is 2.29 bits per heavy atom. The molecule has 0 unspecified atom stereocenters. The summed E-state index contributed by atoms with van der Waals surface area (Å²) in [6, 6.07) is 2.09. The Morgan fingerprint density at radius 1 is 1.48 bits per heavy atom. The third-order valence-corrected chi connectivity index (χ3v) is 4.76. The largest absolute Gasteiger partial charge is 0.302 e. The maximum absolute atomic E-state index is 11.7. The number of aryl methyl sites for hydroxylation is 1. The Morgan fingerprint density at radius 3 is 3.00 bits per heavy atom. The number of hydrogen-bond donors (Lipinski definition) is 1. The molecule has 2 aromatic heterocycles. The van der Waals surface area contributed by atoms with Crippen molar-refractivity contribution in [1.29, 1.82) is 5.26 Å². The van der Waals surface area contributed by atoms with Crippen LogP contribution in [-0.4, -0.2) is 15.9 Å². The van der Waals surface area contributed by atoms with Gasteiger partial charge in [-0.3, -0.25) is 4.79 Å². The molecule has 0 fully saturated rings. The Bertz CT molecular complexity index is 669. The Balaban J connectivity index is 2.11. The number of thiazole rings is 2. The number of carbonyl (C=O) groups is 1. The van der Waals surface area contributed by atoms with Gasteiger partial charge in [0.1, 0.15) is 5.01 Å². The second-order valence-electron chi connectivity index (χ2n) is 4.55. The summed E-state index contributed by atoms with van der Waals surface area (Å²) in [7, 11) is 0. The number of unbranched alkanes of at least 4 members (excludes halogenated alkanes) is 1. The van der Waals surface area contributed by atoms with E-state index in [1.165, 1.54) is 22.7 Å². The SMILES string of the molecule is CCCCC(=O)Nc1nc(C)c(-c2csc(CC#N)n2)s1. The minimum atomic E-state index is 0.000553. The van der Waals surface area contributed by atoms with Gasteiger partial charge < -0.3 is 5.32 Å². The van der Waals surface area contributed by atoms with E-state index < -0.39 is 0 Å². The fourth-order valence-corrected chi connectivity index (χ4v) is 3.51. The van der Waals surface area contributed by atoms with Crippen LogP contribution in [-0.2, 0) is 11.2 Å². The molecule has 0 bridgehead atoms. The molecule has 7 heteroatoms. The number of anilines is 1. The third kappa shape index (κ3) is 4.09. The molecule has 0 aliphatic rings. The van der Waals surface area contributed by atoms with Crippen LogP contribution in [0.5, 0.6) is 0 Å². The van der Waals surface area contributed by atoms with Crippen molar-refractivity contribution in [3.63, 3.8) is 0 Å². The van der Waals surface area contributed by atoms with E-state index in [1.54, 1.807) is 0 Å². The summed E-state index contributed by atoms with van der Waals surface area (Å²) in [5, 5.41) is 14.9. The van der Waals surface area contributed by atoms with E-state index in [2.05, 4.69) is 28.3 Å². The predicted octanol–water partition coefficient (Wildman–Crippen LogP) is 3.77. The molecule has 2 heterocycles. The zero-order chi connectivity index (χ0) is 15.2. The molecule has 110 valence electrons. The zero-order valence-corrected chi connectivity index (χ0v) is 13.6. The molecular formula is C14H16N4OS2. The van der Waals surface area contributed by atoms with Gasteiger partial charge in [-0.05, 0) is 13.3 Å². The van der Waals surface area contributed by atoms with Gasteiger partial charge >= 0.3 is 0 Å². The summed E-state index contributed by atoms with van der Waals surface area (Å²) in [6.45, 7) is 3.96. The highest BCUT2D eigenvalue weighted by molar-refractivity contribution is 7.19. The first-order valence-electron chi connectivity index (χ1n) is 6.73.